The van der Waals surface area contributed by atoms with Crippen molar-refractivity contribution in [2.45, 2.75) is 11.4 Å². The fraction of sp³-hybridized carbons (Fsp3) is 0.143. The molecule has 2 aromatic rings. The molecule has 0 bridgehead atoms. The zero-order chi connectivity index (χ0) is 15.5. The Morgan fingerprint density at radius 2 is 1.76 bits per heavy atom. The molecule has 0 heterocycles. The predicted molar refractivity (Wildman–Crippen MR) is 76.4 cm³/mol. The smallest absolute Gasteiger partial charge is 0.264 e. The van der Waals surface area contributed by atoms with E-state index in [0.717, 1.165) is 12.1 Å². The molecule has 0 saturated heterocycles. The molecule has 0 amide bonds. The van der Waals surface area contributed by atoms with Gasteiger partial charge in [-0.25, -0.2) is 17.2 Å². The van der Waals surface area contributed by atoms with Gasteiger partial charge < -0.3 is 5.32 Å². The maximum atomic E-state index is 13.8. The first-order valence-corrected chi connectivity index (χ1v) is 7.63. The van der Waals surface area contributed by atoms with Crippen LogP contribution >= 0.6 is 0 Å². The van der Waals surface area contributed by atoms with E-state index in [1.807, 2.05) is 4.72 Å². The average molecular weight is 312 g/mol. The summed E-state index contributed by atoms with van der Waals surface area (Å²) in [5.74, 6) is -1.62. The van der Waals surface area contributed by atoms with E-state index in [0.29, 0.717) is 12.1 Å². The molecule has 0 radical (unpaired) electrons. The molecule has 2 rings (SSSR count). The second-order valence-electron chi connectivity index (χ2n) is 4.38. The van der Waals surface area contributed by atoms with Crippen LogP contribution in [0.2, 0.25) is 0 Å². The number of hydrogen-bond acceptors (Lipinski definition) is 3. The monoisotopic (exact) mass is 312 g/mol. The Kier molecular flexibility index (Phi) is 4.54. The molecule has 21 heavy (non-hydrogen) atoms. The number of rotatable bonds is 5. The number of sulfonamides is 1. The van der Waals surface area contributed by atoms with E-state index in [1.54, 1.807) is 7.05 Å². The first-order chi connectivity index (χ1) is 9.94. The Morgan fingerprint density at radius 3 is 2.43 bits per heavy atom. The van der Waals surface area contributed by atoms with Crippen LogP contribution in [0.4, 0.5) is 14.5 Å². The number of nitrogens with one attached hydrogen (secondary N) is 2. The standard InChI is InChI=1S/C14H14F2N2O2S/c1-17-9-10-6-7-12(16)14(8-10)21(19,20)18-13-5-3-2-4-11(13)15/h2-8,17-18H,9H2,1H3. The van der Waals surface area contributed by atoms with Gasteiger partial charge in [-0.15, -0.1) is 0 Å². The molecule has 0 unspecified atom stereocenters. The lowest BCUT2D eigenvalue weighted by atomic mass is 10.2. The largest absolute Gasteiger partial charge is 0.316 e. The molecular weight excluding hydrogens is 298 g/mol. The molecule has 0 saturated carbocycles. The number of hydrogen-bond donors (Lipinski definition) is 2. The molecule has 2 aromatic carbocycles. The molecule has 7 heteroatoms. The zero-order valence-electron chi connectivity index (χ0n) is 11.2. The van der Waals surface area contributed by atoms with Crippen molar-refractivity contribution in [1.29, 1.82) is 0 Å². The summed E-state index contributed by atoms with van der Waals surface area (Å²) in [7, 11) is -2.51. The molecule has 0 aliphatic carbocycles. The summed E-state index contributed by atoms with van der Waals surface area (Å²) in [4.78, 5) is -0.515. The third-order valence-electron chi connectivity index (χ3n) is 2.78. The van der Waals surface area contributed by atoms with Crippen LogP contribution in [-0.4, -0.2) is 15.5 Å². The van der Waals surface area contributed by atoms with Crippen LogP contribution in [0.1, 0.15) is 5.56 Å². The third-order valence-corrected chi connectivity index (χ3v) is 4.16. The predicted octanol–water partition coefficient (Wildman–Crippen LogP) is 2.49. The quantitative estimate of drug-likeness (QED) is 0.892. The van der Waals surface area contributed by atoms with Crippen LogP contribution in [0.5, 0.6) is 0 Å². The number of anilines is 1. The molecular formula is C14H14F2N2O2S. The van der Waals surface area contributed by atoms with Gasteiger partial charge in [-0.1, -0.05) is 18.2 Å². The van der Waals surface area contributed by atoms with Gasteiger partial charge >= 0.3 is 0 Å². The third kappa shape index (κ3) is 3.56. The van der Waals surface area contributed by atoms with E-state index in [1.165, 1.54) is 30.3 Å². The molecule has 0 spiro atoms. The maximum Gasteiger partial charge on any atom is 0.264 e. The lowest BCUT2D eigenvalue weighted by molar-refractivity contribution is 0.568. The summed E-state index contributed by atoms with van der Waals surface area (Å²) in [6.45, 7) is 0.391. The van der Waals surface area contributed by atoms with E-state index in [9.17, 15) is 17.2 Å². The van der Waals surface area contributed by atoms with Crippen LogP contribution in [0.25, 0.3) is 0 Å². The Balaban J connectivity index is 2.40. The molecule has 4 nitrogen and oxygen atoms in total. The molecule has 0 aromatic heterocycles. The summed E-state index contributed by atoms with van der Waals surface area (Å²) in [6.07, 6.45) is 0. The van der Waals surface area contributed by atoms with E-state index < -0.39 is 26.6 Å². The lowest BCUT2D eigenvalue weighted by Crippen LogP contribution is -2.16. The van der Waals surface area contributed by atoms with Crippen molar-refractivity contribution in [3.8, 4) is 0 Å². The van der Waals surface area contributed by atoms with E-state index in [-0.39, 0.29) is 5.69 Å². The summed E-state index contributed by atoms with van der Waals surface area (Å²) >= 11 is 0. The van der Waals surface area contributed by atoms with Crippen LogP contribution < -0.4 is 10.0 Å². The number of para-hydroxylation sites is 1. The minimum Gasteiger partial charge on any atom is -0.316 e. The highest BCUT2D eigenvalue weighted by Gasteiger charge is 2.21. The second-order valence-corrected chi connectivity index (χ2v) is 6.03. The van der Waals surface area contributed by atoms with Gasteiger partial charge in [0.1, 0.15) is 16.5 Å². The normalized spacial score (nSPS) is 11.4. The number of benzene rings is 2. The Hall–Kier alpha value is -1.99. The second kappa shape index (κ2) is 6.19. The van der Waals surface area contributed by atoms with Crippen molar-refractivity contribution < 1.29 is 17.2 Å². The Morgan fingerprint density at radius 1 is 1.05 bits per heavy atom. The Bertz CT molecular complexity index is 748. The van der Waals surface area contributed by atoms with Gasteiger partial charge in [0.15, 0.2) is 0 Å². The minimum atomic E-state index is -4.20. The van der Waals surface area contributed by atoms with E-state index in [4.69, 9.17) is 0 Å². The fourth-order valence-electron chi connectivity index (χ4n) is 1.81. The summed E-state index contributed by atoms with van der Waals surface area (Å²) in [5, 5.41) is 2.84. The van der Waals surface area contributed by atoms with Crippen LogP contribution in [0, 0.1) is 11.6 Å². The zero-order valence-corrected chi connectivity index (χ0v) is 12.0. The highest BCUT2D eigenvalue weighted by Crippen LogP contribution is 2.21. The van der Waals surface area contributed by atoms with Gasteiger partial charge in [0.05, 0.1) is 5.69 Å². The van der Waals surface area contributed by atoms with Crippen LogP contribution in [0.15, 0.2) is 47.4 Å². The first kappa shape index (κ1) is 15.4. The van der Waals surface area contributed by atoms with E-state index >= 15 is 0 Å². The SMILES string of the molecule is CNCc1ccc(F)c(S(=O)(=O)Nc2ccccc2F)c1. The van der Waals surface area contributed by atoms with Gasteiger partial charge in [-0.2, -0.15) is 0 Å². The first-order valence-electron chi connectivity index (χ1n) is 6.14. The minimum absolute atomic E-state index is 0.226. The number of halogens is 2. The highest BCUT2D eigenvalue weighted by atomic mass is 32.2. The lowest BCUT2D eigenvalue weighted by Gasteiger charge is -2.11. The van der Waals surface area contributed by atoms with Crippen molar-refractivity contribution in [2.24, 2.45) is 0 Å². The van der Waals surface area contributed by atoms with Gasteiger partial charge in [-0.05, 0) is 36.9 Å². The molecule has 0 aliphatic heterocycles. The van der Waals surface area contributed by atoms with Gasteiger partial charge in [0.25, 0.3) is 10.0 Å². The molecule has 0 fully saturated rings. The van der Waals surface area contributed by atoms with Gasteiger partial charge in [0.2, 0.25) is 0 Å². The van der Waals surface area contributed by atoms with Crippen molar-refractivity contribution in [3.63, 3.8) is 0 Å². The van der Waals surface area contributed by atoms with Crippen molar-refractivity contribution in [2.75, 3.05) is 11.8 Å². The highest BCUT2D eigenvalue weighted by molar-refractivity contribution is 7.92. The van der Waals surface area contributed by atoms with Crippen molar-refractivity contribution >= 4 is 15.7 Å². The topological polar surface area (TPSA) is 58.2 Å². The van der Waals surface area contributed by atoms with E-state index in [2.05, 4.69) is 5.32 Å². The average Bonchev–Trinajstić information content (AvgIpc) is 2.43. The van der Waals surface area contributed by atoms with Crippen molar-refractivity contribution in [3.05, 3.63) is 59.7 Å². The van der Waals surface area contributed by atoms with Gasteiger partial charge in [0, 0.05) is 6.54 Å². The molecule has 2 N–H and O–H groups in total. The van der Waals surface area contributed by atoms with Crippen LogP contribution in [-0.2, 0) is 16.6 Å². The van der Waals surface area contributed by atoms with Crippen LogP contribution in [0.3, 0.4) is 0 Å². The molecule has 0 aliphatic rings. The van der Waals surface area contributed by atoms with Gasteiger partial charge in [-0.3, -0.25) is 4.72 Å². The molecule has 112 valence electrons. The summed E-state index contributed by atoms with van der Waals surface area (Å²) in [6, 6.07) is 9.06. The fourth-order valence-corrected chi connectivity index (χ4v) is 3.01. The summed E-state index contributed by atoms with van der Waals surface area (Å²) in [5.41, 5.74) is 0.378. The maximum absolute atomic E-state index is 13.8. The molecule has 0 atom stereocenters. The van der Waals surface area contributed by atoms with Crippen molar-refractivity contribution in [1.82, 2.24) is 5.32 Å². The summed E-state index contributed by atoms with van der Waals surface area (Å²) < 4.78 is 53.7. The Labute approximate surface area is 121 Å².